The van der Waals surface area contributed by atoms with Crippen molar-refractivity contribution in [3.63, 3.8) is 0 Å². The van der Waals surface area contributed by atoms with Crippen molar-refractivity contribution in [1.82, 2.24) is 4.90 Å². The molecule has 0 saturated heterocycles. The molecule has 1 unspecified atom stereocenters. The Morgan fingerprint density at radius 2 is 1.68 bits per heavy atom. The van der Waals surface area contributed by atoms with Gasteiger partial charge in [-0.1, -0.05) is 60.7 Å². The normalized spacial score (nSPS) is 16.3. The van der Waals surface area contributed by atoms with Crippen LogP contribution in [0.2, 0.25) is 0 Å². The Bertz CT molecular complexity index is 771. The van der Waals surface area contributed by atoms with Crippen LogP contribution in [-0.2, 0) is 20.9 Å². The molecule has 1 heterocycles. The molecule has 5 nitrogen and oxygen atoms in total. The van der Waals surface area contributed by atoms with Crippen LogP contribution in [0.15, 0.2) is 66.7 Å². The molecule has 0 spiro atoms. The molecule has 3 rings (SSSR count). The van der Waals surface area contributed by atoms with Gasteiger partial charge in [-0.05, 0) is 22.8 Å². The van der Waals surface area contributed by atoms with Crippen molar-refractivity contribution < 1.29 is 19.1 Å². The highest BCUT2D eigenvalue weighted by Crippen LogP contribution is 2.26. The molecule has 0 saturated carbocycles. The van der Waals surface area contributed by atoms with Crippen molar-refractivity contribution in [2.24, 2.45) is 0 Å². The van der Waals surface area contributed by atoms with Crippen LogP contribution in [0.1, 0.15) is 11.1 Å². The van der Waals surface area contributed by atoms with Gasteiger partial charge >= 0.3 is 12.1 Å². The third kappa shape index (κ3) is 3.88. The second-order valence-electron chi connectivity index (χ2n) is 5.69. The third-order valence-corrected chi connectivity index (χ3v) is 4.06. The summed E-state index contributed by atoms with van der Waals surface area (Å²) in [5.74, 6) is -0.484. The molecule has 128 valence electrons. The molecule has 5 heteroatoms. The fourth-order valence-corrected chi connectivity index (χ4v) is 2.75. The number of carbonyl (C=O) groups is 2. The fraction of sp³-hybridized carbons (Fsp3) is 0.200. The zero-order chi connectivity index (χ0) is 17.6. The average Bonchev–Trinajstić information content (AvgIpc) is 3.12. The van der Waals surface area contributed by atoms with E-state index in [-0.39, 0.29) is 6.61 Å². The van der Waals surface area contributed by atoms with Crippen molar-refractivity contribution >= 4 is 17.6 Å². The summed E-state index contributed by atoms with van der Waals surface area (Å²) >= 11 is 0. The van der Waals surface area contributed by atoms with E-state index in [2.05, 4.69) is 0 Å². The van der Waals surface area contributed by atoms with Gasteiger partial charge in [0, 0.05) is 0 Å². The number of rotatable bonds is 4. The van der Waals surface area contributed by atoms with Crippen LogP contribution in [-0.4, -0.2) is 36.7 Å². The minimum absolute atomic E-state index is 0.157. The van der Waals surface area contributed by atoms with Gasteiger partial charge in [0.25, 0.3) is 0 Å². The largest absolute Gasteiger partial charge is 0.467 e. The summed E-state index contributed by atoms with van der Waals surface area (Å²) < 4.78 is 10.2. The first-order valence-electron chi connectivity index (χ1n) is 8.00. The lowest BCUT2D eigenvalue weighted by atomic mass is 10.1. The second kappa shape index (κ2) is 7.66. The van der Waals surface area contributed by atoms with Gasteiger partial charge in [0.1, 0.15) is 6.61 Å². The minimum Gasteiger partial charge on any atom is -0.467 e. The van der Waals surface area contributed by atoms with Crippen molar-refractivity contribution in [2.75, 3.05) is 13.7 Å². The van der Waals surface area contributed by atoms with Crippen LogP contribution in [0.3, 0.4) is 0 Å². The van der Waals surface area contributed by atoms with E-state index in [4.69, 9.17) is 9.47 Å². The third-order valence-electron chi connectivity index (χ3n) is 4.06. The first-order chi connectivity index (χ1) is 12.2. The molecule has 0 bridgehead atoms. The summed E-state index contributed by atoms with van der Waals surface area (Å²) in [6.45, 7) is 0.460. The maximum absolute atomic E-state index is 12.5. The molecule has 0 aliphatic carbocycles. The molecule has 2 aromatic rings. The summed E-state index contributed by atoms with van der Waals surface area (Å²) in [4.78, 5) is 25.9. The maximum Gasteiger partial charge on any atom is 0.411 e. The molecule has 0 aromatic heterocycles. The number of nitrogens with zero attached hydrogens (tertiary/aromatic N) is 1. The predicted molar refractivity (Wildman–Crippen MR) is 93.6 cm³/mol. The monoisotopic (exact) mass is 337 g/mol. The standard InChI is InChI=1S/C20H19NO4/c1-24-19(22)18-12-17(16-10-6-3-7-11-16)13-21(18)20(23)25-14-15-8-4-2-5-9-15/h2-12,18H,13-14H2,1H3. The molecule has 0 radical (unpaired) electrons. The predicted octanol–water partition coefficient (Wildman–Crippen LogP) is 3.26. The fourth-order valence-electron chi connectivity index (χ4n) is 2.75. The van der Waals surface area contributed by atoms with Gasteiger partial charge < -0.3 is 9.47 Å². The molecule has 0 N–H and O–H groups in total. The molecule has 2 aromatic carbocycles. The van der Waals surface area contributed by atoms with Gasteiger partial charge in [0.05, 0.1) is 13.7 Å². The van der Waals surface area contributed by atoms with Crippen molar-refractivity contribution in [3.8, 4) is 0 Å². The number of ether oxygens (including phenoxy) is 2. The first-order valence-corrected chi connectivity index (χ1v) is 8.00. The van der Waals surface area contributed by atoms with Gasteiger partial charge in [-0.15, -0.1) is 0 Å². The zero-order valence-electron chi connectivity index (χ0n) is 13.9. The number of carbonyl (C=O) groups excluding carboxylic acids is 2. The van der Waals surface area contributed by atoms with Gasteiger partial charge in [-0.2, -0.15) is 0 Å². The molecule has 1 aliphatic heterocycles. The van der Waals surface area contributed by atoms with E-state index >= 15 is 0 Å². The van der Waals surface area contributed by atoms with Crippen molar-refractivity contribution in [1.29, 1.82) is 0 Å². The first kappa shape index (κ1) is 16.8. The van der Waals surface area contributed by atoms with E-state index in [0.29, 0.717) is 6.54 Å². The number of methoxy groups -OCH3 is 1. The van der Waals surface area contributed by atoms with Crippen LogP contribution >= 0.6 is 0 Å². The summed E-state index contributed by atoms with van der Waals surface area (Å²) in [7, 11) is 1.31. The summed E-state index contributed by atoms with van der Waals surface area (Å²) in [6.07, 6.45) is 1.21. The van der Waals surface area contributed by atoms with E-state index in [1.54, 1.807) is 6.08 Å². The Morgan fingerprint density at radius 3 is 2.32 bits per heavy atom. The zero-order valence-corrected chi connectivity index (χ0v) is 13.9. The van der Waals surface area contributed by atoms with Crippen LogP contribution in [0.4, 0.5) is 4.79 Å². The highest BCUT2D eigenvalue weighted by atomic mass is 16.6. The number of hydrogen-bond donors (Lipinski definition) is 0. The molecule has 1 amide bonds. The Balaban J connectivity index is 1.73. The smallest absolute Gasteiger partial charge is 0.411 e. The Hall–Kier alpha value is -3.08. The quantitative estimate of drug-likeness (QED) is 0.804. The number of hydrogen-bond acceptors (Lipinski definition) is 4. The Morgan fingerprint density at radius 1 is 1.04 bits per heavy atom. The molecule has 1 aliphatic rings. The van der Waals surface area contributed by atoms with Crippen LogP contribution < -0.4 is 0 Å². The second-order valence-corrected chi connectivity index (χ2v) is 5.69. The maximum atomic E-state index is 12.5. The molecule has 25 heavy (non-hydrogen) atoms. The van der Waals surface area contributed by atoms with Crippen LogP contribution in [0.25, 0.3) is 5.57 Å². The Labute approximate surface area is 146 Å². The van der Waals surface area contributed by atoms with Gasteiger partial charge in [-0.25, -0.2) is 9.59 Å². The highest BCUT2D eigenvalue weighted by Gasteiger charge is 2.36. The minimum atomic E-state index is -0.775. The molecule has 1 atom stereocenters. The number of amides is 1. The van der Waals surface area contributed by atoms with Crippen molar-refractivity contribution in [3.05, 3.63) is 77.9 Å². The van der Waals surface area contributed by atoms with E-state index < -0.39 is 18.1 Å². The number of esters is 1. The average molecular weight is 337 g/mol. The van der Waals surface area contributed by atoms with Gasteiger partial charge in [0.2, 0.25) is 0 Å². The molecular weight excluding hydrogens is 318 g/mol. The highest BCUT2D eigenvalue weighted by molar-refractivity contribution is 5.90. The lowest BCUT2D eigenvalue weighted by Crippen LogP contribution is -2.41. The van der Waals surface area contributed by atoms with Gasteiger partial charge in [0.15, 0.2) is 6.04 Å². The lowest BCUT2D eigenvalue weighted by molar-refractivity contribution is -0.144. The van der Waals surface area contributed by atoms with Gasteiger partial charge in [-0.3, -0.25) is 4.90 Å². The van der Waals surface area contributed by atoms with E-state index in [1.165, 1.54) is 12.0 Å². The summed E-state index contributed by atoms with van der Waals surface area (Å²) in [6, 6.07) is 18.3. The topological polar surface area (TPSA) is 55.8 Å². The van der Waals surface area contributed by atoms with E-state index in [9.17, 15) is 9.59 Å². The SMILES string of the molecule is COC(=O)C1C=C(c2ccccc2)CN1C(=O)OCc1ccccc1. The van der Waals surface area contributed by atoms with Crippen molar-refractivity contribution in [2.45, 2.75) is 12.6 Å². The molecule has 0 fully saturated rings. The van der Waals surface area contributed by atoms with Crippen LogP contribution in [0.5, 0.6) is 0 Å². The lowest BCUT2D eigenvalue weighted by Gasteiger charge is -2.22. The summed E-state index contributed by atoms with van der Waals surface area (Å²) in [5, 5.41) is 0. The Kier molecular flexibility index (Phi) is 5.14. The van der Waals surface area contributed by atoms with Crippen LogP contribution in [0, 0.1) is 0 Å². The van der Waals surface area contributed by atoms with E-state index in [0.717, 1.165) is 16.7 Å². The summed E-state index contributed by atoms with van der Waals surface area (Å²) in [5.41, 5.74) is 2.75. The number of benzene rings is 2. The van der Waals surface area contributed by atoms with E-state index in [1.807, 2.05) is 60.7 Å². The molecular formula is C20H19NO4.